The fourth-order valence-corrected chi connectivity index (χ4v) is 3.68. The van der Waals surface area contributed by atoms with Gasteiger partial charge in [-0.25, -0.2) is 4.99 Å². The molecule has 162 valence electrons. The summed E-state index contributed by atoms with van der Waals surface area (Å²) in [5.41, 5.74) is 8.59. The fourth-order valence-electron chi connectivity index (χ4n) is 3.01. The Kier molecular flexibility index (Phi) is 8.95. The van der Waals surface area contributed by atoms with E-state index in [9.17, 15) is 4.55 Å². The Morgan fingerprint density at radius 3 is 2.45 bits per heavy atom. The molecule has 2 aliphatic rings. The SMILES string of the molecule is C=CC(CC(/C=C(\C)OC1(C)CC1)=C(/C)N)=NC=NCN1CCN([S+](C)[O-])CC1. The first-order valence-electron chi connectivity index (χ1n) is 10.0. The minimum atomic E-state index is -0.891. The molecule has 0 aromatic rings. The quantitative estimate of drug-likeness (QED) is 0.193. The molecule has 0 radical (unpaired) electrons. The smallest absolute Gasteiger partial charge is 0.115 e. The summed E-state index contributed by atoms with van der Waals surface area (Å²) >= 11 is -0.891. The molecule has 1 aliphatic carbocycles. The van der Waals surface area contributed by atoms with Crippen LogP contribution in [0.1, 0.15) is 40.0 Å². The third-order valence-electron chi connectivity index (χ3n) is 5.13. The lowest BCUT2D eigenvalue weighted by Gasteiger charge is -2.32. The summed E-state index contributed by atoms with van der Waals surface area (Å²) in [5, 5.41) is 0. The first-order chi connectivity index (χ1) is 13.7. The van der Waals surface area contributed by atoms with Gasteiger partial charge in [0.25, 0.3) is 0 Å². The molecule has 0 bridgehead atoms. The van der Waals surface area contributed by atoms with Gasteiger partial charge in [0.15, 0.2) is 0 Å². The van der Waals surface area contributed by atoms with Crippen molar-refractivity contribution in [1.82, 2.24) is 9.21 Å². The summed E-state index contributed by atoms with van der Waals surface area (Å²) in [4.78, 5) is 11.1. The van der Waals surface area contributed by atoms with Crippen LogP contribution < -0.4 is 5.73 Å². The van der Waals surface area contributed by atoms with Crippen LogP contribution in [0.15, 0.2) is 45.7 Å². The largest absolute Gasteiger partial charge is 0.598 e. The number of ether oxygens (including phenoxy) is 1. The minimum Gasteiger partial charge on any atom is -0.598 e. The highest BCUT2D eigenvalue weighted by Crippen LogP contribution is 2.40. The molecule has 29 heavy (non-hydrogen) atoms. The Labute approximate surface area is 178 Å². The molecular weight excluding hydrogens is 386 g/mol. The van der Waals surface area contributed by atoms with E-state index in [2.05, 4.69) is 28.4 Å². The number of nitrogens with two attached hydrogens (primary N) is 1. The molecule has 1 saturated heterocycles. The zero-order chi connectivity index (χ0) is 21.4. The molecule has 7 nitrogen and oxygen atoms in total. The second kappa shape index (κ2) is 11.0. The summed E-state index contributed by atoms with van der Waals surface area (Å²) in [6.45, 7) is 13.7. The van der Waals surface area contributed by atoms with Crippen LogP contribution in [0.2, 0.25) is 0 Å². The van der Waals surface area contributed by atoms with E-state index in [0.29, 0.717) is 13.1 Å². The third-order valence-corrected chi connectivity index (χ3v) is 6.23. The number of hydrogen-bond donors (Lipinski definition) is 1. The maximum absolute atomic E-state index is 11.5. The molecule has 1 unspecified atom stereocenters. The molecule has 1 aliphatic heterocycles. The highest BCUT2D eigenvalue weighted by molar-refractivity contribution is 7.88. The second-order valence-electron chi connectivity index (χ2n) is 7.93. The molecule has 8 heteroatoms. The Balaban J connectivity index is 1.87. The van der Waals surface area contributed by atoms with Crippen LogP contribution in [0.4, 0.5) is 0 Å². The van der Waals surface area contributed by atoms with Gasteiger partial charge >= 0.3 is 0 Å². The normalized spacial score (nSPS) is 23.1. The van der Waals surface area contributed by atoms with Gasteiger partial charge in [-0.3, -0.25) is 9.89 Å². The molecule has 2 rings (SSSR count). The predicted molar refractivity (Wildman–Crippen MR) is 122 cm³/mol. The van der Waals surface area contributed by atoms with Gasteiger partial charge in [0.1, 0.15) is 18.2 Å². The molecule has 0 aromatic carbocycles. The lowest BCUT2D eigenvalue weighted by Crippen LogP contribution is -2.48. The van der Waals surface area contributed by atoms with Gasteiger partial charge in [-0.1, -0.05) is 6.58 Å². The van der Waals surface area contributed by atoms with Crippen LogP contribution in [0.25, 0.3) is 0 Å². The van der Waals surface area contributed by atoms with Crippen molar-refractivity contribution in [3.63, 3.8) is 0 Å². The van der Waals surface area contributed by atoms with Crippen LogP contribution in [0.5, 0.6) is 0 Å². The van der Waals surface area contributed by atoms with E-state index >= 15 is 0 Å². The number of nitrogens with zero attached hydrogens (tertiary/aromatic N) is 4. The van der Waals surface area contributed by atoms with Gasteiger partial charge in [-0.15, -0.1) is 4.31 Å². The van der Waals surface area contributed by atoms with Gasteiger partial charge in [0.05, 0.1) is 25.5 Å². The van der Waals surface area contributed by atoms with E-state index in [4.69, 9.17) is 10.5 Å². The highest BCUT2D eigenvalue weighted by atomic mass is 32.2. The van der Waals surface area contributed by atoms with E-state index in [-0.39, 0.29) is 5.60 Å². The van der Waals surface area contributed by atoms with Crippen LogP contribution in [-0.2, 0) is 16.1 Å². The van der Waals surface area contributed by atoms with Gasteiger partial charge in [0, 0.05) is 42.3 Å². The molecule has 1 atom stereocenters. The number of piperazine rings is 1. The maximum Gasteiger partial charge on any atom is 0.115 e. The van der Waals surface area contributed by atoms with Gasteiger partial charge in [-0.05, 0) is 51.3 Å². The molecule has 2 N–H and O–H groups in total. The van der Waals surface area contributed by atoms with E-state index in [1.807, 2.05) is 24.2 Å². The first kappa shape index (κ1) is 23.7. The van der Waals surface area contributed by atoms with E-state index in [1.165, 1.54) is 0 Å². The lowest BCUT2D eigenvalue weighted by molar-refractivity contribution is 0.112. The molecule has 0 spiro atoms. The summed E-state index contributed by atoms with van der Waals surface area (Å²) in [5.74, 6) is 0.869. The van der Waals surface area contributed by atoms with Crippen molar-refractivity contribution >= 4 is 23.4 Å². The summed E-state index contributed by atoms with van der Waals surface area (Å²) in [7, 11) is 0. The second-order valence-corrected chi connectivity index (χ2v) is 9.29. The van der Waals surface area contributed by atoms with Gasteiger partial charge in [-0.2, -0.15) is 0 Å². The number of hydrogen-bond acceptors (Lipinski definition) is 6. The van der Waals surface area contributed by atoms with Crippen molar-refractivity contribution in [3.05, 3.63) is 35.8 Å². The molecule has 0 aromatic heterocycles. The minimum absolute atomic E-state index is 0.00609. The number of aliphatic imine (C=N–C) groups is 2. The average molecular weight is 422 g/mol. The summed E-state index contributed by atoms with van der Waals surface area (Å²) in [6, 6.07) is 0. The maximum atomic E-state index is 11.5. The van der Waals surface area contributed by atoms with Crippen LogP contribution in [0.3, 0.4) is 0 Å². The van der Waals surface area contributed by atoms with Crippen molar-refractivity contribution in [1.29, 1.82) is 0 Å². The van der Waals surface area contributed by atoms with E-state index in [0.717, 1.165) is 61.8 Å². The number of rotatable bonds is 10. The van der Waals surface area contributed by atoms with Crippen molar-refractivity contribution in [3.8, 4) is 0 Å². The fraction of sp³-hybridized carbons (Fsp3) is 0.619. The topological polar surface area (TPSA) is 89.5 Å². The lowest BCUT2D eigenvalue weighted by atomic mass is 10.1. The Hall–Kier alpha value is -1.61. The monoisotopic (exact) mass is 421 g/mol. The van der Waals surface area contributed by atoms with E-state index in [1.54, 1.807) is 18.7 Å². The first-order valence-corrected chi connectivity index (χ1v) is 11.5. The predicted octanol–water partition coefficient (Wildman–Crippen LogP) is 2.61. The van der Waals surface area contributed by atoms with Crippen molar-refractivity contribution < 1.29 is 9.29 Å². The average Bonchev–Trinajstić information content (AvgIpc) is 3.39. The third kappa shape index (κ3) is 8.34. The Bertz CT molecular complexity index is 683. The Morgan fingerprint density at radius 1 is 1.28 bits per heavy atom. The zero-order valence-corrected chi connectivity index (χ0v) is 19.0. The zero-order valence-electron chi connectivity index (χ0n) is 18.2. The number of allylic oxidation sites excluding steroid dienone is 5. The highest BCUT2D eigenvalue weighted by Gasteiger charge is 2.39. The molecular formula is C21H35N5O2S. The summed E-state index contributed by atoms with van der Waals surface area (Å²) < 4.78 is 19.4. The van der Waals surface area contributed by atoms with E-state index < -0.39 is 11.4 Å². The van der Waals surface area contributed by atoms with Crippen LogP contribution in [-0.4, -0.2) is 70.5 Å². The standard InChI is InChI=1S/C21H35N5O2S/c1-6-20(14-19(18(3)22)13-17(2)28-21(4)7-8-21)24-15-23-16-25-9-11-26(12-10-25)29(5)27/h6,13,15H,1,7-12,14,16,22H2,2-5H3/b17-13+,19-18-,23-15?,24-20?. The van der Waals surface area contributed by atoms with Gasteiger partial charge < -0.3 is 15.0 Å². The van der Waals surface area contributed by atoms with Crippen molar-refractivity contribution in [2.24, 2.45) is 15.7 Å². The van der Waals surface area contributed by atoms with Gasteiger partial charge in [0.2, 0.25) is 0 Å². The van der Waals surface area contributed by atoms with Crippen LogP contribution in [0, 0.1) is 0 Å². The molecule has 0 amide bonds. The summed E-state index contributed by atoms with van der Waals surface area (Å²) in [6.07, 6.45) is 9.81. The Morgan fingerprint density at radius 2 is 1.93 bits per heavy atom. The molecule has 2 fully saturated rings. The molecule has 1 heterocycles. The van der Waals surface area contributed by atoms with Crippen LogP contribution >= 0.6 is 0 Å². The van der Waals surface area contributed by atoms with Crippen molar-refractivity contribution in [2.45, 2.75) is 45.6 Å². The van der Waals surface area contributed by atoms with Crippen molar-refractivity contribution in [2.75, 3.05) is 39.1 Å². The molecule has 1 saturated carbocycles.